The molecule has 3 atom stereocenters. The smallest absolute Gasteiger partial charge is 0.252 e. The monoisotopic (exact) mass is 409 g/mol. The molecular weight excluding hydrogens is 382 g/mol. The number of ether oxygens (including phenoxy) is 1. The number of hydrogen-bond donors (Lipinski definition) is 2. The number of fused-ring (bicyclic) bond motifs is 1. The van der Waals surface area contributed by atoms with Crippen LogP contribution in [-0.2, 0) is 4.79 Å². The zero-order chi connectivity index (χ0) is 21.6. The van der Waals surface area contributed by atoms with Crippen LogP contribution < -0.4 is 20.7 Å². The third kappa shape index (κ3) is 3.46. The van der Waals surface area contributed by atoms with Crippen LogP contribution in [0.25, 0.3) is 0 Å². The van der Waals surface area contributed by atoms with Crippen molar-refractivity contribution >= 4 is 23.5 Å². The Kier molecular flexibility index (Phi) is 5.09. The van der Waals surface area contributed by atoms with Crippen LogP contribution in [0, 0.1) is 18.8 Å². The first-order valence-corrected chi connectivity index (χ1v) is 10.2. The van der Waals surface area contributed by atoms with Gasteiger partial charge in [-0.25, -0.2) is 9.97 Å². The molecule has 3 unspecified atom stereocenters. The van der Waals surface area contributed by atoms with Gasteiger partial charge in [-0.05, 0) is 43.4 Å². The molecule has 8 nitrogen and oxygen atoms in total. The summed E-state index contributed by atoms with van der Waals surface area (Å²) in [7, 11) is 1.49. The second-order valence-corrected chi connectivity index (χ2v) is 8.20. The van der Waals surface area contributed by atoms with Crippen LogP contribution in [0.15, 0.2) is 24.4 Å². The first-order valence-electron chi connectivity index (χ1n) is 10.2. The third-order valence-corrected chi connectivity index (χ3v) is 6.10. The molecule has 8 heteroatoms. The Balaban J connectivity index is 1.89. The van der Waals surface area contributed by atoms with Crippen molar-refractivity contribution in [2.45, 2.75) is 45.7 Å². The van der Waals surface area contributed by atoms with Crippen molar-refractivity contribution in [1.82, 2.24) is 9.97 Å². The zero-order valence-electron chi connectivity index (χ0n) is 17.7. The van der Waals surface area contributed by atoms with Crippen molar-refractivity contribution in [2.75, 3.05) is 17.3 Å². The van der Waals surface area contributed by atoms with Gasteiger partial charge < -0.3 is 20.7 Å². The molecule has 0 saturated heterocycles. The van der Waals surface area contributed by atoms with Crippen LogP contribution in [0.4, 0.5) is 11.6 Å². The summed E-state index contributed by atoms with van der Waals surface area (Å²) in [5, 5.41) is 3.45. The van der Waals surface area contributed by atoms with Crippen molar-refractivity contribution in [3.63, 3.8) is 0 Å². The average molecular weight is 409 g/mol. The first kappa shape index (κ1) is 20.1. The number of nitrogens with one attached hydrogen (secondary N) is 1. The lowest BCUT2D eigenvalue weighted by atomic mass is 9.79. The molecule has 1 fully saturated rings. The molecule has 1 saturated carbocycles. The van der Waals surface area contributed by atoms with Gasteiger partial charge in [-0.2, -0.15) is 0 Å². The van der Waals surface area contributed by atoms with Crippen LogP contribution in [-0.4, -0.2) is 34.9 Å². The number of hydrogen-bond acceptors (Lipinski definition) is 6. The molecule has 0 radical (unpaired) electrons. The normalized spacial score (nSPS) is 22.9. The highest BCUT2D eigenvalue weighted by Gasteiger charge is 2.48. The average Bonchev–Trinajstić information content (AvgIpc) is 3.53. The van der Waals surface area contributed by atoms with E-state index in [1.165, 1.54) is 7.11 Å². The van der Waals surface area contributed by atoms with Crippen LogP contribution in [0.2, 0.25) is 0 Å². The molecule has 2 aliphatic rings. The van der Waals surface area contributed by atoms with Gasteiger partial charge in [-0.15, -0.1) is 0 Å². The number of nitrogens with two attached hydrogens (primary N) is 1. The molecule has 2 amide bonds. The van der Waals surface area contributed by atoms with Crippen LogP contribution in [0.3, 0.4) is 0 Å². The standard InChI is InChI=1S/C22H27N5O3/c1-11-7-8-24-22(25-11)26-19-12(2)20(14-5-6-14)27(13(3)28)17-10-18(30-4)16(21(23)29)9-15(17)19/h7-10,12,14,19-20H,5-6H2,1-4H3,(H2,23,29)(H,24,25,26). The first-order chi connectivity index (χ1) is 14.3. The second-order valence-electron chi connectivity index (χ2n) is 8.20. The molecule has 1 aliphatic heterocycles. The van der Waals surface area contributed by atoms with E-state index >= 15 is 0 Å². The summed E-state index contributed by atoms with van der Waals surface area (Å²) < 4.78 is 5.42. The molecule has 2 heterocycles. The molecule has 0 bridgehead atoms. The van der Waals surface area contributed by atoms with Gasteiger partial charge in [0.1, 0.15) is 5.75 Å². The Morgan fingerprint density at radius 2 is 2.03 bits per heavy atom. The maximum absolute atomic E-state index is 12.7. The summed E-state index contributed by atoms with van der Waals surface area (Å²) in [5.41, 5.74) is 8.31. The number of carbonyl (C=O) groups is 2. The van der Waals surface area contributed by atoms with Gasteiger partial charge in [0.2, 0.25) is 11.9 Å². The molecule has 30 heavy (non-hydrogen) atoms. The molecular formula is C22H27N5O3. The molecule has 4 rings (SSSR count). The molecule has 0 spiro atoms. The van der Waals surface area contributed by atoms with E-state index in [0.717, 1.165) is 29.8 Å². The molecule has 3 N–H and O–H groups in total. The number of methoxy groups -OCH3 is 1. The van der Waals surface area contributed by atoms with Gasteiger partial charge >= 0.3 is 0 Å². The minimum Gasteiger partial charge on any atom is -0.496 e. The van der Waals surface area contributed by atoms with Crippen molar-refractivity contribution in [1.29, 1.82) is 0 Å². The largest absolute Gasteiger partial charge is 0.496 e. The quantitative estimate of drug-likeness (QED) is 0.786. The van der Waals surface area contributed by atoms with Gasteiger partial charge in [0.25, 0.3) is 5.91 Å². The Labute approximate surface area is 175 Å². The van der Waals surface area contributed by atoms with Crippen molar-refractivity contribution < 1.29 is 14.3 Å². The number of benzene rings is 1. The highest BCUT2D eigenvalue weighted by molar-refractivity contribution is 5.99. The summed E-state index contributed by atoms with van der Waals surface area (Å²) in [6, 6.07) is 5.18. The number of carbonyl (C=O) groups excluding carboxylic acids is 2. The fourth-order valence-electron chi connectivity index (χ4n) is 4.61. The maximum atomic E-state index is 12.7. The molecule has 1 aliphatic carbocycles. The lowest BCUT2D eigenvalue weighted by molar-refractivity contribution is -0.117. The SMILES string of the molecule is COc1cc2c(cc1C(N)=O)C(Nc1nccc(C)n1)C(C)C(C1CC1)N2C(C)=O. The van der Waals surface area contributed by atoms with E-state index in [1.807, 2.05) is 17.9 Å². The predicted octanol–water partition coefficient (Wildman–Crippen LogP) is 2.83. The Morgan fingerprint density at radius 3 is 2.60 bits per heavy atom. The second kappa shape index (κ2) is 7.59. The number of aryl methyl sites for hydroxylation is 1. The minimum absolute atomic E-state index is 0.0286. The molecule has 2 aromatic rings. The van der Waals surface area contributed by atoms with Crippen LogP contribution in [0.1, 0.15) is 54.3 Å². The van der Waals surface area contributed by atoms with E-state index in [9.17, 15) is 9.59 Å². The summed E-state index contributed by atoms with van der Waals surface area (Å²) in [4.78, 5) is 35.5. The fraction of sp³-hybridized carbons (Fsp3) is 0.455. The van der Waals surface area contributed by atoms with E-state index < -0.39 is 5.91 Å². The topological polar surface area (TPSA) is 110 Å². The summed E-state index contributed by atoms with van der Waals surface area (Å²) in [6.45, 7) is 5.62. The fourth-order valence-corrected chi connectivity index (χ4v) is 4.61. The number of amides is 2. The zero-order valence-corrected chi connectivity index (χ0v) is 17.7. The van der Waals surface area contributed by atoms with Crippen molar-refractivity contribution in [2.24, 2.45) is 17.6 Å². The summed E-state index contributed by atoms with van der Waals surface area (Å²) >= 11 is 0. The Morgan fingerprint density at radius 1 is 1.30 bits per heavy atom. The number of aromatic nitrogens is 2. The molecule has 1 aromatic heterocycles. The molecule has 158 valence electrons. The highest BCUT2D eigenvalue weighted by atomic mass is 16.5. The number of nitrogens with zero attached hydrogens (tertiary/aromatic N) is 3. The van der Waals surface area contributed by atoms with Gasteiger partial charge in [0, 0.05) is 36.8 Å². The Hall–Kier alpha value is -3.16. The lowest BCUT2D eigenvalue weighted by Crippen LogP contribution is -2.51. The van der Waals surface area contributed by atoms with E-state index in [1.54, 1.807) is 25.3 Å². The lowest BCUT2D eigenvalue weighted by Gasteiger charge is -2.46. The van der Waals surface area contributed by atoms with Crippen molar-refractivity contribution in [3.05, 3.63) is 41.2 Å². The van der Waals surface area contributed by atoms with Crippen LogP contribution in [0.5, 0.6) is 5.75 Å². The molecule has 1 aromatic carbocycles. The van der Waals surface area contributed by atoms with Gasteiger partial charge in [0.05, 0.1) is 24.4 Å². The van der Waals surface area contributed by atoms with Gasteiger partial charge in [0.15, 0.2) is 0 Å². The van der Waals surface area contributed by atoms with E-state index in [-0.39, 0.29) is 29.5 Å². The number of primary amides is 1. The number of rotatable bonds is 5. The summed E-state index contributed by atoms with van der Waals surface area (Å²) in [6.07, 6.45) is 3.90. The van der Waals surface area contributed by atoms with Gasteiger partial charge in [-0.3, -0.25) is 9.59 Å². The van der Waals surface area contributed by atoms with Crippen LogP contribution >= 0.6 is 0 Å². The van der Waals surface area contributed by atoms with E-state index in [0.29, 0.717) is 17.6 Å². The van der Waals surface area contributed by atoms with E-state index in [2.05, 4.69) is 22.2 Å². The Bertz CT molecular complexity index is 1000. The van der Waals surface area contributed by atoms with Crippen molar-refractivity contribution in [3.8, 4) is 5.75 Å². The van der Waals surface area contributed by atoms with E-state index in [4.69, 9.17) is 10.5 Å². The van der Waals surface area contributed by atoms with Gasteiger partial charge in [-0.1, -0.05) is 6.92 Å². The summed E-state index contributed by atoms with van der Waals surface area (Å²) in [5.74, 6) is 0.793. The predicted molar refractivity (Wildman–Crippen MR) is 113 cm³/mol. The number of anilines is 2. The minimum atomic E-state index is -0.577. The maximum Gasteiger partial charge on any atom is 0.252 e. The third-order valence-electron chi connectivity index (χ3n) is 6.10. The highest BCUT2D eigenvalue weighted by Crippen LogP contribution is 2.51.